The Kier molecular flexibility index (Phi) is 6.26. The third kappa shape index (κ3) is 4.52. The molecule has 1 unspecified atom stereocenters. The molecule has 0 saturated carbocycles. The normalized spacial score (nSPS) is 12.0. The highest BCUT2D eigenvalue weighted by Gasteiger charge is 2.18. The van der Waals surface area contributed by atoms with Crippen molar-refractivity contribution in [1.82, 2.24) is 10.2 Å². The molecule has 0 saturated heterocycles. The summed E-state index contributed by atoms with van der Waals surface area (Å²) in [5, 5.41) is 2.95. The van der Waals surface area contributed by atoms with Crippen LogP contribution in [-0.2, 0) is 11.2 Å². The van der Waals surface area contributed by atoms with Crippen LogP contribution in [0.15, 0.2) is 41.0 Å². The molecular weight excluding hydrogens is 308 g/mol. The minimum atomic E-state index is -0.0834. The summed E-state index contributed by atoms with van der Waals surface area (Å²) in [4.78, 5) is 14.3. The van der Waals surface area contributed by atoms with Crippen molar-refractivity contribution in [2.45, 2.75) is 12.5 Å². The van der Waals surface area contributed by atoms with Crippen molar-refractivity contribution in [3.05, 3.63) is 47.9 Å². The van der Waals surface area contributed by atoms with E-state index in [1.54, 1.807) is 32.6 Å². The van der Waals surface area contributed by atoms with Gasteiger partial charge in [0.25, 0.3) is 0 Å². The quantitative estimate of drug-likeness (QED) is 0.803. The van der Waals surface area contributed by atoms with Crippen LogP contribution in [0.25, 0.3) is 0 Å². The Morgan fingerprint density at radius 1 is 1.25 bits per heavy atom. The van der Waals surface area contributed by atoms with E-state index >= 15 is 0 Å². The molecule has 1 amide bonds. The van der Waals surface area contributed by atoms with Gasteiger partial charge in [0.05, 0.1) is 32.9 Å². The minimum absolute atomic E-state index is 0.0174. The van der Waals surface area contributed by atoms with Crippen molar-refractivity contribution >= 4 is 5.91 Å². The van der Waals surface area contributed by atoms with Gasteiger partial charge in [-0.1, -0.05) is 0 Å². The predicted octanol–water partition coefficient (Wildman–Crippen LogP) is 2.26. The molecular formula is C18H24N2O4. The highest BCUT2D eigenvalue weighted by molar-refractivity contribution is 5.79. The summed E-state index contributed by atoms with van der Waals surface area (Å²) in [6.07, 6.45) is 1.85. The lowest BCUT2D eigenvalue weighted by molar-refractivity contribution is -0.120. The van der Waals surface area contributed by atoms with Crippen molar-refractivity contribution in [3.8, 4) is 11.5 Å². The number of rotatable bonds is 8. The molecule has 0 radical (unpaired) electrons. The first-order valence-corrected chi connectivity index (χ1v) is 7.72. The van der Waals surface area contributed by atoms with Gasteiger partial charge in [-0.3, -0.25) is 9.69 Å². The number of hydrogen-bond donors (Lipinski definition) is 1. The van der Waals surface area contributed by atoms with E-state index < -0.39 is 0 Å². The number of benzene rings is 1. The van der Waals surface area contributed by atoms with Crippen LogP contribution in [0.5, 0.6) is 11.5 Å². The summed E-state index contributed by atoms with van der Waals surface area (Å²) in [6, 6.07) is 9.15. The van der Waals surface area contributed by atoms with E-state index in [0.29, 0.717) is 18.0 Å². The Morgan fingerprint density at radius 3 is 2.62 bits per heavy atom. The van der Waals surface area contributed by atoms with Crippen LogP contribution in [0.3, 0.4) is 0 Å². The molecule has 0 bridgehead atoms. The van der Waals surface area contributed by atoms with Gasteiger partial charge in [0, 0.05) is 12.1 Å². The highest BCUT2D eigenvalue weighted by atomic mass is 16.5. The highest BCUT2D eigenvalue weighted by Crippen LogP contribution is 2.24. The molecule has 1 aromatic heterocycles. The van der Waals surface area contributed by atoms with Crippen LogP contribution in [-0.4, -0.2) is 45.7 Å². The number of carbonyl (C=O) groups is 1. The summed E-state index contributed by atoms with van der Waals surface area (Å²) in [5.41, 5.74) is 0.786. The number of nitrogens with zero attached hydrogens (tertiary/aromatic N) is 1. The standard InChI is InChI=1S/C18H24N2O4/c1-20(2)15(17-6-5-9-24-17)12-19-18(21)11-13-10-14(22-3)7-8-16(13)23-4/h5-10,15H,11-12H2,1-4H3,(H,19,21). The van der Waals surface area contributed by atoms with Gasteiger partial charge in [-0.15, -0.1) is 0 Å². The first-order chi connectivity index (χ1) is 11.5. The third-order valence-corrected chi connectivity index (χ3v) is 3.83. The topological polar surface area (TPSA) is 63.9 Å². The molecule has 0 aliphatic heterocycles. The molecule has 130 valence electrons. The number of likely N-dealkylation sites (N-methyl/N-ethyl adjacent to an activating group) is 1. The van der Waals surface area contributed by atoms with Crippen molar-refractivity contribution in [2.75, 3.05) is 34.9 Å². The summed E-state index contributed by atoms with van der Waals surface area (Å²) in [7, 11) is 7.08. The van der Waals surface area contributed by atoms with Crippen LogP contribution in [0.1, 0.15) is 17.4 Å². The maximum Gasteiger partial charge on any atom is 0.224 e. The van der Waals surface area contributed by atoms with Crippen LogP contribution < -0.4 is 14.8 Å². The summed E-state index contributed by atoms with van der Waals surface area (Å²) in [6.45, 7) is 0.464. The van der Waals surface area contributed by atoms with Gasteiger partial charge in [-0.25, -0.2) is 0 Å². The lowest BCUT2D eigenvalue weighted by Gasteiger charge is -2.22. The van der Waals surface area contributed by atoms with Gasteiger partial charge < -0.3 is 19.2 Å². The lowest BCUT2D eigenvalue weighted by Crippen LogP contribution is -2.35. The molecule has 2 aromatic rings. The zero-order valence-electron chi connectivity index (χ0n) is 14.5. The summed E-state index contributed by atoms with van der Waals surface area (Å²) in [5.74, 6) is 2.10. The van der Waals surface area contributed by atoms with Crippen LogP contribution in [0, 0.1) is 0 Å². The fourth-order valence-corrected chi connectivity index (χ4v) is 2.48. The second-order valence-corrected chi connectivity index (χ2v) is 5.65. The Bertz CT molecular complexity index is 653. The smallest absolute Gasteiger partial charge is 0.224 e. The minimum Gasteiger partial charge on any atom is -0.497 e. The molecule has 6 nitrogen and oxygen atoms in total. The van der Waals surface area contributed by atoms with Gasteiger partial charge >= 0.3 is 0 Å². The van der Waals surface area contributed by atoms with E-state index in [9.17, 15) is 4.79 Å². The number of hydrogen-bond acceptors (Lipinski definition) is 5. The number of methoxy groups -OCH3 is 2. The summed E-state index contributed by atoms with van der Waals surface area (Å²) >= 11 is 0. The number of furan rings is 1. The van der Waals surface area contributed by atoms with E-state index in [-0.39, 0.29) is 18.4 Å². The van der Waals surface area contributed by atoms with E-state index in [1.165, 1.54) is 0 Å². The average molecular weight is 332 g/mol. The molecule has 1 aromatic carbocycles. The Hall–Kier alpha value is -2.47. The largest absolute Gasteiger partial charge is 0.497 e. The second kappa shape index (κ2) is 8.40. The maximum atomic E-state index is 12.3. The first kappa shape index (κ1) is 17.9. The predicted molar refractivity (Wildman–Crippen MR) is 91.4 cm³/mol. The van der Waals surface area contributed by atoms with Crippen molar-refractivity contribution < 1.29 is 18.7 Å². The Labute approximate surface area is 142 Å². The fourth-order valence-electron chi connectivity index (χ4n) is 2.48. The zero-order chi connectivity index (χ0) is 17.5. The number of nitrogens with one attached hydrogen (secondary N) is 1. The lowest BCUT2D eigenvalue weighted by atomic mass is 10.1. The molecule has 24 heavy (non-hydrogen) atoms. The first-order valence-electron chi connectivity index (χ1n) is 7.72. The monoisotopic (exact) mass is 332 g/mol. The molecule has 1 atom stereocenters. The van der Waals surface area contributed by atoms with Gasteiger partial charge in [-0.2, -0.15) is 0 Å². The van der Waals surface area contributed by atoms with Gasteiger partial charge in [0.1, 0.15) is 17.3 Å². The molecule has 6 heteroatoms. The van der Waals surface area contributed by atoms with Crippen molar-refractivity contribution in [1.29, 1.82) is 0 Å². The van der Waals surface area contributed by atoms with Crippen molar-refractivity contribution in [3.63, 3.8) is 0 Å². The molecule has 0 aliphatic carbocycles. The van der Waals surface area contributed by atoms with Gasteiger partial charge in [0.15, 0.2) is 0 Å². The second-order valence-electron chi connectivity index (χ2n) is 5.65. The summed E-state index contributed by atoms with van der Waals surface area (Å²) < 4.78 is 16.0. The number of amides is 1. The van der Waals surface area contributed by atoms with Gasteiger partial charge in [-0.05, 0) is 44.4 Å². The van der Waals surface area contributed by atoms with E-state index in [0.717, 1.165) is 11.3 Å². The molecule has 0 spiro atoms. The van der Waals surface area contributed by atoms with E-state index in [2.05, 4.69) is 5.32 Å². The molecule has 2 rings (SSSR count). The van der Waals surface area contributed by atoms with E-state index in [1.807, 2.05) is 37.2 Å². The van der Waals surface area contributed by atoms with Crippen LogP contribution >= 0.6 is 0 Å². The van der Waals surface area contributed by atoms with Crippen molar-refractivity contribution in [2.24, 2.45) is 0 Å². The van der Waals surface area contributed by atoms with Crippen LogP contribution in [0.4, 0.5) is 0 Å². The molecule has 1 N–H and O–H groups in total. The molecule has 0 fully saturated rings. The number of ether oxygens (including phenoxy) is 2. The van der Waals surface area contributed by atoms with E-state index in [4.69, 9.17) is 13.9 Å². The number of carbonyl (C=O) groups excluding carboxylic acids is 1. The van der Waals surface area contributed by atoms with Gasteiger partial charge in [0.2, 0.25) is 5.91 Å². The SMILES string of the molecule is COc1ccc(OC)c(CC(=O)NCC(c2ccco2)N(C)C)c1. The average Bonchev–Trinajstić information content (AvgIpc) is 3.08. The maximum absolute atomic E-state index is 12.3. The molecule has 0 aliphatic rings. The Morgan fingerprint density at radius 2 is 2.04 bits per heavy atom. The fraction of sp³-hybridized carbons (Fsp3) is 0.389. The Balaban J connectivity index is 2.00. The van der Waals surface area contributed by atoms with Crippen LogP contribution in [0.2, 0.25) is 0 Å². The zero-order valence-corrected chi connectivity index (χ0v) is 14.5. The molecule has 1 heterocycles. The third-order valence-electron chi connectivity index (χ3n) is 3.83.